The first-order valence-corrected chi connectivity index (χ1v) is 7.30. The van der Waals surface area contributed by atoms with Crippen molar-refractivity contribution in [2.45, 2.75) is 12.5 Å². The van der Waals surface area contributed by atoms with Crippen molar-refractivity contribution in [1.82, 2.24) is 5.32 Å². The van der Waals surface area contributed by atoms with Gasteiger partial charge in [-0.1, -0.05) is 0 Å². The summed E-state index contributed by atoms with van der Waals surface area (Å²) in [6, 6.07) is 2.89. The summed E-state index contributed by atoms with van der Waals surface area (Å²) in [5, 5.41) is 7.37. The minimum Gasteiger partial charge on any atom is -0.493 e. The number of methoxy groups -OCH3 is 3. The molecule has 126 valence electrons. The highest BCUT2D eigenvalue weighted by atomic mass is 16.5. The largest absolute Gasteiger partial charge is 0.493 e. The van der Waals surface area contributed by atoms with Crippen molar-refractivity contribution in [2.75, 3.05) is 39.7 Å². The van der Waals surface area contributed by atoms with Crippen molar-refractivity contribution in [3.05, 3.63) is 12.1 Å². The number of nitrogens with two attached hydrogens (primary N) is 1. The Morgan fingerprint density at radius 1 is 1.26 bits per heavy atom. The normalized spacial score (nSPS) is 17.2. The number of piperazine rings is 1. The van der Waals surface area contributed by atoms with Crippen molar-refractivity contribution in [3.63, 3.8) is 0 Å². The molecule has 2 amide bonds. The van der Waals surface area contributed by atoms with Crippen molar-refractivity contribution in [3.8, 4) is 17.2 Å². The first kappa shape index (κ1) is 16.9. The fourth-order valence-electron chi connectivity index (χ4n) is 2.46. The zero-order chi connectivity index (χ0) is 16.8. The number of rotatable bonds is 6. The van der Waals surface area contributed by atoms with Crippen LogP contribution in [-0.4, -0.2) is 52.3 Å². The maximum Gasteiger partial charge on any atom is 0.278 e. The fraction of sp³-hybridized carbons (Fsp3) is 0.467. The minimum absolute atomic E-state index is 0.0997. The number of anilines is 1. The molecule has 1 heterocycles. The number of hydrogen-bond acceptors (Lipinski definition) is 5. The minimum atomic E-state index is -0.397. The van der Waals surface area contributed by atoms with Gasteiger partial charge >= 0.3 is 0 Å². The number of amides is 2. The van der Waals surface area contributed by atoms with Crippen LogP contribution in [0.2, 0.25) is 0 Å². The van der Waals surface area contributed by atoms with Crippen LogP contribution >= 0.6 is 0 Å². The van der Waals surface area contributed by atoms with Gasteiger partial charge in [0, 0.05) is 17.8 Å². The number of carbonyl (C=O) groups is 2. The molecule has 1 aromatic carbocycles. The molecule has 0 aliphatic carbocycles. The van der Waals surface area contributed by atoms with Crippen LogP contribution in [0, 0.1) is 0 Å². The Labute approximate surface area is 134 Å². The SMILES string of the molecule is COc1cc(NC(=O)C[C@H]2[NH2+]CCNC2=O)cc(OC)c1OC. The molecule has 1 aliphatic rings. The third-order valence-electron chi connectivity index (χ3n) is 3.59. The number of carbonyl (C=O) groups excluding carboxylic acids is 2. The molecular formula is C15H22N3O5+. The molecule has 8 heteroatoms. The van der Waals surface area contributed by atoms with Crippen LogP contribution in [0.25, 0.3) is 0 Å². The van der Waals surface area contributed by atoms with E-state index in [0.717, 1.165) is 6.54 Å². The number of nitrogens with one attached hydrogen (secondary N) is 2. The molecule has 1 aliphatic heterocycles. The number of quaternary nitrogens is 1. The van der Waals surface area contributed by atoms with E-state index in [2.05, 4.69) is 10.6 Å². The number of benzene rings is 1. The molecule has 2 rings (SSSR count). The van der Waals surface area contributed by atoms with Crippen molar-refractivity contribution < 1.29 is 29.1 Å². The summed E-state index contributed by atoms with van der Waals surface area (Å²) >= 11 is 0. The first-order valence-electron chi connectivity index (χ1n) is 7.30. The molecular weight excluding hydrogens is 302 g/mol. The smallest absolute Gasteiger partial charge is 0.278 e. The third kappa shape index (κ3) is 4.04. The van der Waals surface area contributed by atoms with Gasteiger partial charge in [0.2, 0.25) is 11.7 Å². The molecule has 1 saturated heterocycles. The monoisotopic (exact) mass is 324 g/mol. The van der Waals surface area contributed by atoms with Crippen LogP contribution in [0.4, 0.5) is 5.69 Å². The highest BCUT2D eigenvalue weighted by Crippen LogP contribution is 2.39. The Hall–Kier alpha value is -2.48. The second kappa shape index (κ2) is 7.68. The van der Waals surface area contributed by atoms with E-state index in [-0.39, 0.29) is 18.2 Å². The van der Waals surface area contributed by atoms with E-state index in [4.69, 9.17) is 14.2 Å². The van der Waals surface area contributed by atoms with Gasteiger partial charge in [-0.15, -0.1) is 0 Å². The molecule has 0 spiro atoms. The van der Waals surface area contributed by atoms with Gasteiger partial charge in [-0.05, 0) is 0 Å². The van der Waals surface area contributed by atoms with Crippen LogP contribution in [0.1, 0.15) is 6.42 Å². The molecule has 1 aromatic rings. The summed E-state index contributed by atoms with van der Waals surface area (Å²) in [7, 11) is 4.52. The molecule has 0 aromatic heterocycles. The summed E-state index contributed by atoms with van der Waals surface area (Å²) in [4.78, 5) is 23.8. The second-order valence-electron chi connectivity index (χ2n) is 5.09. The predicted octanol–water partition coefficient (Wildman–Crippen LogP) is -0.897. The van der Waals surface area contributed by atoms with Gasteiger partial charge in [-0.25, -0.2) is 0 Å². The lowest BCUT2D eigenvalue weighted by atomic mass is 10.1. The van der Waals surface area contributed by atoms with E-state index in [1.807, 2.05) is 5.32 Å². The highest BCUT2D eigenvalue weighted by molar-refractivity contribution is 5.95. The molecule has 0 saturated carbocycles. The lowest BCUT2D eigenvalue weighted by Crippen LogP contribution is -2.96. The zero-order valence-electron chi connectivity index (χ0n) is 13.5. The Kier molecular flexibility index (Phi) is 5.64. The lowest BCUT2D eigenvalue weighted by molar-refractivity contribution is -0.678. The molecule has 23 heavy (non-hydrogen) atoms. The van der Waals surface area contributed by atoms with Gasteiger partial charge in [-0.3, -0.25) is 9.59 Å². The summed E-state index contributed by atoms with van der Waals surface area (Å²) in [5.74, 6) is 0.982. The standard InChI is InChI=1S/C15H21N3O5/c1-21-11-6-9(7-12(22-2)14(11)23-3)18-13(19)8-10-15(20)17-5-4-16-10/h6-7,10,16H,4-5,8H2,1-3H3,(H,17,20)(H,18,19)/p+1/t10-/m1/s1. The quantitative estimate of drug-likeness (QED) is 0.629. The summed E-state index contributed by atoms with van der Waals surface area (Å²) in [6.07, 6.45) is 0.0997. The van der Waals surface area contributed by atoms with Crippen molar-refractivity contribution in [2.24, 2.45) is 0 Å². The highest BCUT2D eigenvalue weighted by Gasteiger charge is 2.28. The number of ether oxygens (including phenoxy) is 3. The maximum atomic E-state index is 12.2. The molecule has 0 bridgehead atoms. The van der Waals surface area contributed by atoms with E-state index in [9.17, 15) is 9.59 Å². The van der Waals surface area contributed by atoms with Crippen LogP contribution in [-0.2, 0) is 9.59 Å². The Bertz CT molecular complexity index is 565. The fourth-order valence-corrected chi connectivity index (χ4v) is 2.46. The molecule has 0 radical (unpaired) electrons. The van der Waals surface area contributed by atoms with Crippen LogP contribution < -0.4 is 30.2 Å². The predicted molar refractivity (Wildman–Crippen MR) is 82.9 cm³/mol. The van der Waals surface area contributed by atoms with E-state index in [1.165, 1.54) is 21.3 Å². The first-order chi connectivity index (χ1) is 11.1. The van der Waals surface area contributed by atoms with E-state index in [1.54, 1.807) is 12.1 Å². The zero-order valence-corrected chi connectivity index (χ0v) is 13.5. The van der Waals surface area contributed by atoms with Crippen molar-refractivity contribution in [1.29, 1.82) is 0 Å². The van der Waals surface area contributed by atoms with Gasteiger partial charge in [0.25, 0.3) is 5.91 Å². The topological polar surface area (TPSA) is 102 Å². The van der Waals surface area contributed by atoms with Crippen LogP contribution in [0.15, 0.2) is 12.1 Å². The molecule has 0 unspecified atom stereocenters. The Morgan fingerprint density at radius 2 is 1.91 bits per heavy atom. The average molecular weight is 324 g/mol. The van der Waals surface area contributed by atoms with E-state index < -0.39 is 6.04 Å². The van der Waals surface area contributed by atoms with E-state index >= 15 is 0 Å². The average Bonchev–Trinajstić information content (AvgIpc) is 2.55. The van der Waals surface area contributed by atoms with E-state index in [0.29, 0.717) is 29.5 Å². The molecule has 8 nitrogen and oxygen atoms in total. The summed E-state index contributed by atoms with van der Waals surface area (Å²) in [6.45, 7) is 1.40. The molecule has 1 fully saturated rings. The summed E-state index contributed by atoms with van der Waals surface area (Å²) < 4.78 is 15.7. The Morgan fingerprint density at radius 3 is 2.43 bits per heavy atom. The second-order valence-corrected chi connectivity index (χ2v) is 5.09. The maximum absolute atomic E-state index is 12.2. The van der Waals surface area contributed by atoms with Gasteiger partial charge < -0.3 is 30.2 Å². The van der Waals surface area contributed by atoms with Gasteiger partial charge in [0.05, 0.1) is 40.8 Å². The number of hydrogen-bond donors (Lipinski definition) is 3. The summed E-state index contributed by atoms with van der Waals surface area (Å²) in [5.41, 5.74) is 0.515. The molecule has 1 atom stereocenters. The van der Waals surface area contributed by atoms with Gasteiger partial charge in [0.1, 0.15) is 0 Å². The third-order valence-corrected chi connectivity index (χ3v) is 3.59. The Balaban J connectivity index is 2.09. The van der Waals surface area contributed by atoms with Crippen molar-refractivity contribution >= 4 is 17.5 Å². The lowest BCUT2D eigenvalue weighted by Gasteiger charge is -2.20. The van der Waals surface area contributed by atoms with Gasteiger partial charge in [0.15, 0.2) is 17.5 Å². The van der Waals surface area contributed by atoms with Crippen LogP contribution in [0.3, 0.4) is 0 Å². The molecule has 4 N–H and O–H groups in total. The van der Waals surface area contributed by atoms with Crippen LogP contribution in [0.5, 0.6) is 17.2 Å². The van der Waals surface area contributed by atoms with Gasteiger partial charge in [-0.2, -0.15) is 0 Å².